The molecule has 56 heavy (non-hydrogen) atoms. The Kier molecular flexibility index (Phi) is 18.8. The van der Waals surface area contributed by atoms with Crippen LogP contribution in [0.1, 0.15) is 76.2 Å². The predicted molar refractivity (Wildman–Crippen MR) is 194 cm³/mol. The van der Waals surface area contributed by atoms with Gasteiger partial charge in [0, 0.05) is 32.5 Å². The fourth-order valence-corrected chi connectivity index (χ4v) is 5.34. The highest BCUT2D eigenvalue weighted by Crippen LogP contribution is 2.27. The standard InChI is InChI=1S/C35H54N4O16S/c1-19(50-31(43)23(5)53-32(44)21(3)51-25(7)40)17-48-20(2)30(42)39(35(9,10)11)16-27(55-34(46)24(6)54-33(45)22(4)52-26(8)41)18-49-29-28(36-56-37-29)38-12-14-47-15-13-38/h19-24,27H,12-18H2,1-11H3/t19?,20?,21?,22?,23?,24?,27-/m0/s1. The zero-order chi connectivity index (χ0) is 42.3. The molecule has 1 aliphatic heterocycles. The number of amides is 1. The van der Waals surface area contributed by atoms with Crippen LogP contribution in [0.25, 0.3) is 0 Å². The highest BCUT2D eigenvalue weighted by atomic mass is 32.1. The smallest absolute Gasteiger partial charge is 0.347 e. The number of anilines is 1. The zero-order valence-corrected chi connectivity index (χ0v) is 34.5. The number of esters is 6. The number of hydrogen-bond acceptors (Lipinski definition) is 20. The van der Waals surface area contributed by atoms with Crippen molar-refractivity contribution in [2.45, 2.75) is 124 Å². The van der Waals surface area contributed by atoms with Crippen molar-refractivity contribution in [2.75, 3.05) is 51.0 Å². The van der Waals surface area contributed by atoms with Gasteiger partial charge in [0.25, 0.3) is 11.8 Å². The second-order valence-electron chi connectivity index (χ2n) is 13.9. The van der Waals surface area contributed by atoms with Crippen LogP contribution in [0.3, 0.4) is 0 Å². The molecule has 1 aromatic rings. The fourth-order valence-electron chi connectivity index (χ4n) is 4.82. The molecule has 0 aromatic carbocycles. The fraction of sp³-hybridized carbons (Fsp3) is 0.743. The summed E-state index contributed by atoms with van der Waals surface area (Å²) < 4.78 is 56.7. The van der Waals surface area contributed by atoms with E-state index in [4.69, 9.17) is 42.6 Å². The summed E-state index contributed by atoms with van der Waals surface area (Å²) in [6.45, 7) is 17.1. The first kappa shape index (κ1) is 47.5. The van der Waals surface area contributed by atoms with Gasteiger partial charge in [-0.3, -0.25) is 14.4 Å². The van der Waals surface area contributed by atoms with Crippen molar-refractivity contribution in [3.8, 4) is 5.88 Å². The topological polar surface area (TPSA) is 235 Å². The van der Waals surface area contributed by atoms with Crippen LogP contribution < -0.4 is 9.64 Å². The monoisotopic (exact) mass is 818 g/mol. The molecule has 21 heteroatoms. The first-order valence-electron chi connectivity index (χ1n) is 18.0. The Morgan fingerprint density at radius 2 is 1.18 bits per heavy atom. The Morgan fingerprint density at radius 1 is 0.696 bits per heavy atom. The number of carbonyl (C=O) groups is 7. The summed E-state index contributed by atoms with van der Waals surface area (Å²) in [4.78, 5) is 90.0. The summed E-state index contributed by atoms with van der Waals surface area (Å²) in [5.74, 6) is -5.02. The quantitative estimate of drug-likeness (QED) is 0.134. The lowest BCUT2D eigenvalue weighted by Crippen LogP contribution is -2.54. The lowest BCUT2D eigenvalue weighted by atomic mass is 10.0. The van der Waals surface area contributed by atoms with Crippen molar-refractivity contribution < 1.29 is 76.2 Å². The highest BCUT2D eigenvalue weighted by Gasteiger charge is 2.36. The zero-order valence-electron chi connectivity index (χ0n) is 33.7. The van der Waals surface area contributed by atoms with E-state index in [1.807, 2.05) is 4.90 Å². The maximum Gasteiger partial charge on any atom is 0.347 e. The van der Waals surface area contributed by atoms with Gasteiger partial charge in [-0.1, -0.05) is 0 Å². The van der Waals surface area contributed by atoms with Crippen LogP contribution in [0.5, 0.6) is 5.88 Å². The van der Waals surface area contributed by atoms with Gasteiger partial charge in [0.1, 0.15) is 18.8 Å². The van der Waals surface area contributed by atoms with Gasteiger partial charge in [0.05, 0.1) is 38.1 Å². The molecule has 1 amide bonds. The van der Waals surface area contributed by atoms with Crippen molar-refractivity contribution in [1.82, 2.24) is 13.6 Å². The lowest BCUT2D eigenvalue weighted by molar-refractivity contribution is -0.181. The minimum atomic E-state index is -1.43. The molecule has 1 saturated heterocycles. The van der Waals surface area contributed by atoms with Crippen LogP contribution in [0.4, 0.5) is 5.82 Å². The van der Waals surface area contributed by atoms with E-state index in [0.717, 1.165) is 25.6 Å². The molecule has 0 spiro atoms. The minimum Gasteiger partial charge on any atom is -0.470 e. The van der Waals surface area contributed by atoms with Crippen LogP contribution in [-0.2, 0) is 71.5 Å². The van der Waals surface area contributed by atoms with Crippen LogP contribution in [0.15, 0.2) is 0 Å². The van der Waals surface area contributed by atoms with E-state index in [1.165, 1.54) is 46.4 Å². The van der Waals surface area contributed by atoms with Gasteiger partial charge in [-0.2, -0.15) is 4.37 Å². The van der Waals surface area contributed by atoms with Gasteiger partial charge in [-0.25, -0.2) is 19.2 Å². The third kappa shape index (κ3) is 15.8. The van der Waals surface area contributed by atoms with Gasteiger partial charge in [0.2, 0.25) is 5.82 Å². The largest absolute Gasteiger partial charge is 0.470 e. The molecule has 0 aliphatic carbocycles. The van der Waals surface area contributed by atoms with E-state index in [-0.39, 0.29) is 25.6 Å². The summed E-state index contributed by atoms with van der Waals surface area (Å²) >= 11 is 0.930. The van der Waals surface area contributed by atoms with Crippen LogP contribution in [-0.4, -0.2) is 150 Å². The third-order valence-corrected chi connectivity index (χ3v) is 8.25. The number of carbonyl (C=O) groups excluding carboxylic acids is 7. The Bertz CT molecular complexity index is 1510. The van der Waals surface area contributed by atoms with Crippen LogP contribution in [0.2, 0.25) is 0 Å². The summed E-state index contributed by atoms with van der Waals surface area (Å²) in [7, 11) is 0. The molecular weight excluding hydrogens is 764 g/mol. The normalized spacial score (nSPS) is 16.7. The van der Waals surface area contributed by atoms with Crippen molar-refractivity contribution in [3.05, 3.63) is 0 Å². The molecule has 7 atom stereocenters. The average molecular weight is 819 g/mol. The Labute approximate surface area is 330 Å². The summed E-state index contributed by atoms with van der Waals surface area (Å²) in [6, 6.07) is 0. The molecule has 1 aromatic heterocycles. The first-order valence-corrected chi connectivity index (χ1v) is 18.7. The molecule has 316 valence electrons. The predicted octanol–water partition coefficient (Wildman–Crippen LogP) is 1.40. The molecular formula is C35H54N4O16S. The minimum absolute atomic E-state index is 0.185. The van der Waals surface area contributed by atoms with Crippen molar-refractivity contribution >= 4 is 59.3 Å². The van der Waals surface area contributed by atoms with Crippen molar-refractivity contribution in [2.24, 2.45) is 0 Å². The van der Waals surface area contributed by atoms with Crippen LogP contribution >= 0.6 is 11.7 Å². The second-order valence-corrected chi connectivity index (χ2v) is 14.4. The van der Waals surface area contributed by atoms with Crippen molar-refractivity contribution in [3.63, 3.8) is 0 Å². The number of aromatic nitrogens is 2. The number of ether oxygens (including phenoxy) is 9. The maximum absolute atomic E-state index is 13.9. The molecule has 20 nitrogen and oxygen atoms in total. The highest BCUT2D eigenvalue weighted by molar-refractivity contribution is 6.99. The molecule has 1 aliphatic rings. The van der Waals surface area contributed by atoms with Crippen molar-refractivity contribution in [1.29, 1.82) is 0 Å². The SMILES string of the molecule is CC(=O)OC(C)C(=O)OC(C)C(=O)OC(C)COC(C)C(=O)N(C[C@@H](COc1nsnc1N1CCOCC1)OC(=O)C(C)OC(=O)C(C)OC(C)=O)C(C)(C)C. The van der Waals surface area contributed by atoms with Crippen LogP contribution in [0, 0.1) is 0 Å². The number of morpholine rings is 1. The Hall–Kier alpha value is -4.63. The summed E-state index contributed by atoms with van der Waals surface area (Å²) in [5, 5.41) is 0. The molecule has 0 N–H and O–H groups in total. The van der Waals surface area contributed by atoms with E-state index in [9.17, 15) is 33.6 Å². The van der Waals surface area contributed by atoms with E-state index in [1.54, 1.807) is 20.8 Å². The van der Waals surface area contributed by atoms with Gasteiger partial charge in [-0.05, 0) is 62.3 Å². The molecule has 0 saturated carbocycles. The first-order chi connectivity index (χ1) is 26.1. The molecule has 2 heterocycles. The van der Waals surface area contributed by atoms with Gasteiger partial charge in [-0.15, -0.1) is 4.37 Å². The molecule has 0 bridgehead atoms. The number of hydrogen-bond donors (Lipinski definition) is 0. The molecule has 0 radical (unpaired) electrons. The van der Waals surface area contributed by atoms with E-state index in [0.29, 0.717) is 32.1 Å². The van der Waals surface area contributed by atoms with Gasteiger partial charge in [0.15, 0.2) is 30.5 Å². The summed E-state index contributed by atoms with van der Waals surface area (Å²) in [6.07, 6.45) is -8.37. The Balaban J connectivity index is 2.17. The van der Waals surface area contributed by atoms with Gasteiger partial charge < -0.3 is 52.4 Å². The van der Waals surface area contributed by atoms with Gasteiger partial charge >= 0.3 is 35.8 Å². The van der Waals surface area contributed by atoms with E-state index in [2.05, 4.69) is 8.75 Å². The summed E-state index contributed by atoms with van der Waals surface area (Å²) in [5.41, 5.74) is -0.862. The average Bonchev–Trinajstić information content (AvgIpc) is 3.59. The second kappa shape index (κ2) is 22.2. The Morgan fingerprint density at radius 3 is 1.68 bits per heavy atom. The third-order valence-electron chi connectivity index (χ3n) is 7.75. The molecule has 2 rings (SSSR count). The maximum atomic E-state index is 13.9. The lowest BCUT2D eigenvalue weighted by Gasteiger charge is -2.39. The molecule has 6 unspecified atom stereocenters. The number of nitrogens with zero attached hydrogens (tertiary/aromatic N) is 4. The van der Waals surface area contributed by atoms with E-state index < -0.39 is 90.0 Å². The molecule has 1 fully saturated rings. The van der Waals surface area contributed by atoms with E-state index >= 15 is 0 Å². The number of rotatable bonds is 20.